The molecule has 1 aliphatic rings. The number of benzene rings is 1. The Morgan fingerprint density at radius 2 is 1.82 bits per heavy atom. The van der Waals surface area contributed by atoms with Crippen molar-refractivity contribution in [3.05, 3.63) is 30.3 Å². The van der Waals surface area contributed by atoms with Gasteiger partial charge in [-0.05, 0) is 18.6 Å². The Hall–Kier alpha value is -1.08. The van der Waals surface area contributed by atoms with Gasteiger partial charge in [-0.2, -0.15) is 8.42 Å². The first-order chi connectivity index (χ1) is 7.89. The van der Waals surface area contributed by atoms with Crippen LogP contribution in [0.5, 0.6) is 5.75 Å². The molecule has 17 heavy (non-hydrogen) atoms. The molecule has 2 rings (SSSR count). The lowest BCUT2D eigenvalue weighted by Crippen LogP contribution is -2.27. The van der Waals surface area contributed by atoms with Gasteiger partial charge in [0.25, 0.3) is 0 Å². The lowest BCUT2D eigenvalue weighted by Gasteiger charge is -2.10. The Bertz CT molecular complexity index is 589. The third kappa shape index (κ3) is 2.98. The quantitative estimate of drug-likeness (QED) is 0.755. The summed E-state index contributed by atoms with van der Waals surface area (Å²) in [5, 5.41) is -0.951. The second-order valence-electron chi connectivity index (χ2n) is 3.91. The van der Waals surface area contributed by atoms with Gasteiger partial charge in [0.2, 0.25) is 0 Å². The summed E-state index contributed by atoms with van der Waals surface area (Å²) in [5.74, 6) is -0.228. The van der Waals surface area contributed by atoms with Gasteiger partial charge in [0, 0.05) is 0 Å². The van der Waals surface area contributed by atoms with E-state index in [9.17, 15) is 16.8 Å². The van der Waals surface area contributed by atoms with Crippen LogP contribution in [0.25, 0.3) is 0 Å². The molecule has 1 aromatic rings. The molecular formula is C10H12O5S2. The standard InChI is InChI=1S/C10H12O5S2/c11-16(12)7-6-10(8-16)17(13,14)15-9-4-2-1-3-5-9/h1-5,10H,6-8H2/t10-/m1/s1. The van der Waals surface area contributed by atoms with Gasteiger partial charge < -0.3 is 4.18 Å². The summed E-state index contributed by atoms with van der Waals surface area (Å²) >= 11 is 0. The maximum atomic E-state index is 11.8. The second-order valence-corrected chi connectivity index (χ2v) is 7.96. The zero-order valence-corrected chi connectivity index (χ0v) is 10.6. The fourth-order valence-corrected chi connectivity index (χ4v) is 5.57. The molecule has 0 aliphatic carbocycles. The molecule has 0 aromatic heterocycles. The average Bonchev–Trinajstić information content (AvgIpc) is 2.60. The summed E-state index contributed by atoms with van der Waals surface area (Å²) in [4.78, 5) is 0. The van der Waals surface area contributed by atoms with Crippen LogP contribution in [0, 0.1) is 0 Å². The minimum absolute atomic E-state index is 0.0882. The molecule has 1 aromatic carbocycles. The van der Waals surface area contributed by atoms with E-state index in [0.717, 1.165) is 0 Å². The molecule has 7 heteroatoms. The Labute approximate surface area is 100 Å². The summed E-state index contributed by atoms with van der Waals surface area (Å²) in [6.07, 6.45) is 0.109. The number of rotatable bonds is 3. The topological polar surface area (TPSA) is 77.5 Å². The molecule has 0 saturated carbocycles. The first-order valence-corrected chi connectivity index (χ1v) is 8.37. The Morgan fingerprint density at radius 1 is 1.18 bits per heavy atom. The van der Waals surface area contributed by atoms with Crippen LogP contribution in [0.15, 0.2) is 30.3 Å². The predicted molar refractivity (Wildman–Crippen MR) is 63.0 cm³/mol. The van der Waals surface area contributed by atoms with E-state index in [1.165, 1.54) is 12.1 Å². The largest absolute Gasteiger partial charge is 0.382 e. The predicted octanol–water partition coefficient (Wildman–Crippen LogP) is 0.582. The molecule has 1 atom stereocenters. The van der Waals surface area contributed by atoms with Crippen LogP contribution in [0.1, 0.15) is 6.42 Å². The van der Waals surface area contributed by atoms with Crippen molar-refractivity contribution in [1.82, 2.24) is 0 Å². The van der Waals surface area contributed by atoms with E-state index in [4.69, 9.17) is 4.18 Å². The highest BCUT2D eigenvalue weighted by Gasteiger charge is 2.38. The van der Waals surface area contributed by atoms with E-state index in [0.29, 0.717) is 0 Å². The highest BCUT2D eigenvalue weighted by Crippen LogP contribution is 2.22. The molecule has 0 unspecified atom stereocenters. The van der Waals surface area contributed by atoms with E-state index in [2.05, 4.69) is 0 Å². The highest BCUT2D eigenvalue weighted by molar-refractivity contribution is 7.94. The average molecular weight is 276 g/mol. The molecule has 0 amide bonds. The van der Waals surface area contributed by atoms with E-state index < -0.39 is 25.2 Å². The third-order valence-corrected chi connectivity index (χ3v) is 6.18. The maximum absolute atomic E-state index is 11.8. The van der Waals surface area contributed by atoms with Crippen LogP contribution >= 0.6 is 0 Å². The van der Waals surface area contributed by atoms with Crippen molar-refractivity contribution in [3.63, 3.8) is 0 Å². The highest BCUT2D eigenvalue weighted by atomic mass is 32.2. The normalized spacial score (nSPS) is 23.4. The fourth-order valence-electron chi connectivity index (χ4n) is 1.67. The van der Waals surface area contributed by atoms with Gasteiger partial charge in [-0.3, -0.25) is 0 Å². The molecule has 1 fully saturated rings. The Balaban J connectivity index is 2.16. The summed E-state index contributed by atoms with van der Waals surface area (Å²) in [6, 6.07) is 8.06. The molecule has 0 radical (unpaired) electrons. The molecule has 1 heterocycles. The molecule has 0 N–H and O–H groups in total. The maximum Gasteiger partial charge on any atom is 0.313 e. The smallest absolute Gasteiger partial charge is 0.313 e. The molecule has 5 nitrogen and oxygen atoms in total. The van der Waals surface area contributed by atoms with Crippen LogP contribution in [0.2, 0.25) is 0 Å². The molecule has 94 valence electrons. The van der Waals surface area contributed by atoms with Gasteiger partial charge in [0.05, 0.1) is 11.5 Å². The van der Waals surface area contributed by atoms with Gasteiger partial charge in [0.15, 0.2) is 9.84 Å². The lowest BCUT2D eigenvalue weighted by molar-refractivity contribution is 0.474. The SMILES string of the molecule is O=S1(=O)CC[C@@H](S(=O)(=O)Oc2ccccc2)C1. The molecule has 0 spiro atoms. The van der Waals surface area contributed by atoms with Gasteiger partial charge in [-0.1, -0.05) is 18.2 Å². The molecular weight excluding hydrogens is 264 g/mol. The minimum Gasteiger partial charge on any atom is -0.382 e. The van der Waals surface area contributed by atoms with Crippen molar-refractivity contribution in [2.24, 2.45) is 0 Å². The molecule has 1 saturated heterocycles. The van der Waals surface area contributed by atoms with E-state index >= 15 is 0 Å². The van der Waals surface area contributed by atoms with Crippen LogP contribution in [0.4, 0.5) is 0 Å². The number of para-hydroxylation sites is 1. The van der Waals surface area contributed by atoms with Crippen LogP contribution in [-0.4, -0.2) is 33.6 Å². The lowest BCUT2D eigenvalue weighted by atomic mass is 10.3. The summed E-state index contributed by atoms with van der Waals surface area (Å²) < 4.78 is 50.9. The summed E-state index contributed by atoms with van der Waals surface area (Å²) in [5.41, 5.74) is 0. The van der Waals surface area contributed by atoms with E-state index in [1.807, 2.05) is 0 Å². The van der Waals surface area contributed by atoms with Gasteiger partial charge in [-0.25, -0.2) is 8.42 Å². The van der Waals surface area contributed by atoms with Crippen molar-refractivity contribution in [1.29, 1.82) is 0 Å². The fraction of sp³-hybridized carbons (Fsp3) is 0.400. The third-order valence-electron chi connectivity index (χ3n) is 2.55. The van der Waals surface area contributed by atoms with Crippen LogP contribution in [0.3, 0.4) is 0 Å². The first-order valence-electron chi connectivity index (χ1n) is 5.08. The van der Waals surface area contributed by atoms with Gasteiger partial charge in [-0.15, -0.1) is 0 Å². The number of sulfone groups is 1. The van der Waals surface area contributed by atoms with Crippen LogP contribution in [-0.2, 0) is 20.0 Å². The van der Waals surface area contributed by atoms with Gasteiger partial charge in [0.1, 0.15) is 11.0 Å². The van der Waals surface area contributed by atoms with Crippen molar-refractivity contribution in [3.8, 4) is 5.75 Å². The minimum atomic E-state index is -3.86. The number of hydrogen-bond acceptors (Lipinski definition) is 5. The van der Waals surface area contributed by atoms with Gasteiger partial charge >= 0.3 is 10.1 Å². The van der Waals surface area contributed by atoms with Crippen molar-refractivity contribution < 1.29 is 21.0 Å². The summed E-state index contributed by atoms with van der Waals surface area (Å²) in [6.45, 7) is 0. The van der Waals surface area contributed by atoms with Crippen molar-refractivity contribution >= 4 is 20.0 Å². The Morgan fingerprint density at radius 3 is 2.35 bits per heavy atom. The first kappa shape index (κ1) is 12.4. The van der Waals surface area contributed by atoms with E-state index in [-0.39, 0.29) is 23.7 Å². The summed E-state index contributed by atoms with van der Waals surface area (Å²) in [7, 11) is -7.09. The van der Waals surface area contributed by atoms with Crippen LogP contribution < -0.4 is 4.18 Å². The number of hydrogen-bond donors (Lipinski definition) is 0. The van der Waals surface area contributed by atoms with E-state index in [1.54, 1.807) is 18.2 Å². The zero-order valence-electron chi connectivity index (χ0n) is 8.94. The van der Waals surface area contributed by atoms with Crippen molar-refractivity contribution in [2.45, 2.75) is 11.7 Å². The molecule has 0 bridgehead atoms. The zero-order chi connectivity index (χ0) is 12.5. The second kappa shape index (κ2) is 4.30. The van der Waals surface area contributed by atoms with Crippen molar-refractivity contribution in [2.75, 3.05) is 11.5 Å². The monoisotopic (exact) mass is 276 g/mol. The Kier molecular flexibility index (Phi) is 3.13. The molecule has 1 aliphatic heterocycles.